The van der Waals surface area contributed by atoms with Gasteiger partial charge in [-0.15, -0.1) is 0 Å². The lowest BCUT2D eigenvalue weighted by Crippen LogP contribution is -2.07. The summed E-state index contributed by atoms with van der Waals surface area (Å²) < 4.78 is 13.4. The molecule has 1 rings (SSSR count). The van der Waals surface area contributed by atoms with E-state index in [4.69, 9.17) is 0 Å². The number of halogens is 1. The van der Waals surface area contributed by atoms with Gasteiger partial charge in [-0.2, -0.15) is 0 Å². The molecular weight excluding hydrogens is 191 g/mol. The van der Waals surface area contributed by atoms with Gasteiger partial charge >= 0.3 is 0 Å². The van der Waals surface area contributed by atoms with Crippen LogP contribution in [0, 0.1) is 11.7 Å². The van der Waals surface area contributed by atoms with Gasteiger partial charge in [-0.3, -0.25) is 0 Å². The molecular formula is C13H19FO. The molecule has 0 saturated carbocycles. The lowest BCUT2D eigenvalue weighted by molar-refractivity contribution is 0.250. The maximum atomic E-state index is 13.4. The van der Waals surface area contributed by atoms with Gasteiger partial charge in [-0.1, -0.05) is 38.5 Å². The maximum Gasteiger partial charge on any atom is 0.126 e. The van der Waals surface area contributed by atoms with Crippen LogP contribution in [0.15, 0.2) is 24.3 Å². The van der Waals surface area contributed by atoms with Gasteiger partial charge in [0.05, 0.1) is 6.61 Å². The highest BCUT2D eigenvalue weighted by Gasteiger charge is 2.14. The molecule has 2 heteroatoms. The van der Waals surface area contributed by atoms with Crippen molar-refractivity contribution in [3.63, 3.8) is 0 Å². The number of benzene rings is 1. The topological polar surface area (TPSA) is 20.2 Å². The summed E-state index contributed by atoms with van der Waals surface area (Å²) in [5.41, 5.74) is 0.639. The number of hydrogen-bond acceptors (Lipinski definition) is 1. The molecule has 0 aliphatic heterocycles. The first-order valence-corrected chi connectivity index (χ1v) is 5.50. The van der Waals surface area contributed by atoms with Gasteiger partial charge in [0.25, 0.3) is 0 Å². The molecule has 1 aromatic carbocycles. The molecule has 1 N–H and O–H groups in total. The maximum absolute atomic E-state index is 13.4. The predicted molar refractivity (Wildman–Crippen MR) is 60.3 cm³/mol. The van der Waals surface area contributed by atoms with E-state index in [0.717, 1.165) is 12.8 Å². The molecule has 1 nitrogen and oxygen atoms in total. The van der Waals surface area contributed by atoms with E-state index in [0.29, 0.717) is 11.5 Å². The number of aliphatic hydroxyl groups is 1. The summed E-state index contributed by atoms with van der Waals surface area (Å²) in [6.07, 6.45) is 1.86. The summed E-state index contributed by atoms with van der Waals surface area (Å²) in [4.78, 5) is 0. The smallest absolute Gasteiger partial charge is 0.126 e. The molecule has 15 heavy (non-hydrogen) atoms. The highest BCUT2D eigenvalue weighted by molar-refractivity contribution is 5.21. The van der Waals surface area contributed by atoms with Crippen molar-refractivity contribution >= 4 is 0 Å². The van der Waals surface area contributed by atoms with Crippen molar-refractivity contribution in [2.75, 3.05) is 6.61 Å². The van der Waals surface area contributed by atoms with E-state index < -0.39 is 0 Å². The zero-order valence-electron chi connectivity index (χ0n) is 9.41. The minimum absolute atomic E-state index is 0.0215. The fourth-order valence-electron chi connectivity index (χ4n) is 1.69. The molecule has 1 aromatic rings. The van der Waals surface area contributed by atoms with Crippen LogP contribution in [-0.4, -0.2) is 11.7 Å². The van der Waals surface area contributed by atoms with Crippen LogP contribution in [0.25, 0.3) is 0 Å². The molecule has 84 valence electrons. The summed E-state index contributed by atoms with van der Waals surface area (Å²) in [5.74, 6) is 0.319. The van der Waals surface area contributed by atoms with Crippen LogP contribution >= 0.6 is 0 Å². The molecule has 0 radical (unpaired) electrons. The van der Waals surface area contributed by atoms with E-state index in [-0.39, 0.29) is 18.3 Å². The summed E-state index contributed by atoms with van der Waals surface area (Å²) in [7, 11) is 0. The molecule has 0 heterocycles. The van der Waals surface area contributed by atoms with Gasteiger partial charge in [0.15, 0.2) is 0 Å². The lowest BCUT2D eigenvalue weighted by Gasteiger charge is -2.16. The SMILES string of the molecule is CC(C)CCC(CO)c1ccccc1F. The van der Waals surface area contributed by atoms with Crippen molar-refractivity contribution in [1.29, 1.82) is 0 Å². The first kappa shape index (κ1) is 12.2. The van der Waals surface area contributed by atoms with Gasteiger partial charge in [-0.05, 0) is 24.0 Å². The van der Waals surface area contributed by atoms with Crippen molar-refractivity contribution in [2.24, 2.45) is 5.92 Å². The van der Waals surface area contributed by atoms with E-state index in [2.05, 4.69) is 13.8 Å². The number of aliphatic hydroxyl groups excluding tert-OH is 1. The second-order valence-electron chi connectivity index (χ2n) is 4.37. The van der Waals surface area contributed by atoms with Crippen molar-refractivity contribution in [1.82, 2.24) is 0 Å². The van der Waals surface area contributed by atoms with Crippen LogP contribution in [-0.2, 0) is 0 Å². The van der Waals surface area contributed by atoms with Crippen LogP contribution in [0.4, 0.5) is 4.39 Å². The highest BCUT2D eigenvalue weighted by atomic mass is 19.1. The van der Waals surface area contributed by atoms with Gasteiger partial charge in [0, 0.05) is 5.92 Å². The lowest BCUT2D eigenvalue weighted by atomic mass is 9.92. The fraction of sp³-hybridized carbons (Fsp3) is 0.538. The first-order valence-electron chi connectivity index (χ1n) is 5.50. The van der Waals surface area contributed by atoms with Crippen molar-refractivity contribution in [3.8, 4) is 0 Å². The molecule has 1 atom stereocenters. The Bertz CT molecular complexity index is 296. The van der Waals surface area contributed by atoms with Crippen LogP contribution in [0.3, 0.4) is 0 Å². The van der Waals surface area contributed by atoms with Crippen LogP contribution in [0.5, 0.6) is 0 Å². The Morgan fingerprint density at radius 2 is 1.87 bits per heavy atom. The van der Waals surface area contributed by atoms with Gasteiger partial charge < -0.3 is 5.11 Å². The molecule has 0 bridgehead atoms. The van der Waals surface area contributed by atoms with Crippen molar-refractivity contribution in [3.05, 3.63) is 35.6 Å². The Balaban J connectivity index is 2.70. The minimum Gasteiger partial charge on any atom is -0.396 e. The quantitative estimate of drug-likeness (QED) is 0.790. The third-order valence-electron chi connectivity index (χ3n) is 2.66. The summed E-state index contributed by atoms with van der Waals surface area (Å²) >= 11 is 0. The fourth-order valence-corrected chi connectivity index (χ4v) is 1.69. The molecule has 0 spiro atoms. The Morgan fingerprint density at radius 3 is 2.40 bits per heavy atom. The average molecular weight is 210 g/mol. The normalized spacial score (nSPS) is 13.1. The van der Waals surface area contributed by atoms with Gasteiger partial charge in [0.1, 0.15) is 5.82 Å². The Morgan fingerprint density at radius 1 is 1.20 bits per heavy atom. The van der Waals surface area contributed by atoms with E-state index in [1.807, 2.05) is 6.07 Å². The zero-order chi connectivity index (χ0) is 11.3. The molecule has 0 fully saturated rings. The largest absolute Gasteiger partial charge is 0.396 e. The average Bonchev–Trinajstić information content (AvgIpc) is 2.21. The van der Waals surface area contributed by atoms with Crippen molar-refractivity contribution in [2.45, 2.75) is 32.6 Å². The predicted octanol–water partition coefficient (Wildman–Crippen LogP) is 3.34. The standard InChI is InChI=1S/C13H19FO/c1-10(2)7-8-11(9-15)12-5-3-4-6-13(12)14/h3-6,10-11,15H,7-9H2,1-2H3. The molecule has 0 saturated heterocycles. The van der Waals surface area contributed by atoms with E-state index in [9.17, 15) is 9.50 Å². The molecule has 0 amide bonds. The Hall–Kier alpha value is -0.890. The van der Waals surface area contributed by atoms with Crippen LogP contribution in [0.1, 0.15) is 38.2 Å². The van der Waals surface area contributed by atoms with E-state index in [1.165, 1.54) is 6.07 Å². The second-order valence-corrected chi connectivity index (χ2v) is 4.37. The van der Waals surface area contributed by atoms with Crippen LogP contribution in [0.2, 0.25) is 0 Å². The van der Waals surface area contributed by atoms with Gasteiger partial charge in [-0.25, -0.2) is 4.39 Å². The summed E-state index contributed by atoms with van der Waals surface area (Å²) in [6, 6.07) is 6.70. The Labute approximate surface area is 90.9 Å². The monoisotopic (exact) mass is 210 g/mol. The summed E-state index contributed by atoms with van der Waals surface area (Å²) in [5, 5.41) is 9.25. The Kier molecular flexibility index (Phi) is 4.76. The van der Waals surface area contributed by atoms with Crippen molar-refractivity contribution < 1.29 is 9.50 Å². The van der Waals surface area contributed by atoms with E-state index >= 15 is 0 Å². The second kappa shape index (κ2) is 5.86. The molecule has 0 aliphatic rings. The van der Waals surface area contributed by atoms with Gasteiger partial charge in [0.2, 0.25) is 0 Å². The third-order valence-corrected chi connectivity index (χ3v) is 2.66. The third kappa shape index (κ3) is 3.63. The number of hydrogen-bond donors (Lipinski definition) is 1. The zero-order valence-corrected chi connectivity index (χ0v) is 9.41. The molecule has 1 unspecified atom stereocenters. The highest BCUT2D eigenvalue weighted by Crippen LogP contribution is 2.24. The number of rotatable bonds is 5. The molecule has 0 aliphatic carbocycles. The summed E-state index contributed by atoms with van der Waals surface area (Å²) in [6.45, 7) is 4.29. The van der Waals surface area contributed by atoms with E-state index in [1.54, 1.807) is 12.1 Å². The first-order chi connectivity index (χ1) is 7.15. The molecule has 0 aromatic heterocycles. The van der Waals surface area contributed by atoms with Crippen LogP contribution < -0.4 is 0 Å². The minimum atomic E-state index is -0.208.